The van der Waals surface area contributed by atoms with Crippen LogP contribution in [0.3, 0.4) is 0 Å². The monoisotopic (exact) mass is 359 g/mol. The molecule has 7 heteroatoms. The average molecular weight is 359 g/mol. The van der Waals surface area contributed by atoms with Gasteiger partial charge < -0.3 is 9.64 Å². The van der Waals surface area contributed by atoms with Gasteiger partial charge in [0.15, 0.2) is 0 Å². The molecule has 0 unspecified atom stereocenters. The molecule has 7 nitrogen and oxygen atoms in total. The summed E-state index contributed by atoms with van der Waals surface area (Å²) in [6.07, 6.45) is 5.96. The third-order valence-electron chi connectivity index (χ3n) is 4.59. The number of likely N-dealkylation sites (tertiary alicyclic amines) is 1. The van der Waals surface area contributed by atoms with Crippen LogP contribution in [0, 0.1) is 11.3 Å². The highest BCUT2D eigenvalue weighted by Crippen LogP contribution is 2.22. The van der Waals surface area contributed by atoms with E-state index in [0.717, 1.165) is 23.6 Å². The summed E-state index contributed by atoms with van der Waals surface area (Å²) in [6, 6.07) is 11.6. The Bertz CT molecular complexity index is 1020. The van der Waals surface area contributed by atoms with Gasteiger partial charge in [-0.25, -0.2) is 9.97 Å². The van der Waals surface area contributed by atoms with Gasteiger partial charge in [-0.3, -0.25) is 9.78 Å². The zero-order valence-corrected chi connectivity index (χ0v) is 14.6. The fourth-order valence-corrected chi connectivity index (χ4v) is 3.30. The number of hydrogen-bond donors (Lipinski definition) is 0. The van der Waals surface area contributed by atoms with E-state index < -0.39 is 0 Å². The van der Waals surface area contributed by atoms with Crippen molar-refractivity contribution in [1.82, 2.24) is 19.9 Å². The lowest BCUT2D eigenvalue weighted by atomic mass is 10.1. The van der Waals surface area contributed by atoms with Crippen molar-refractivity contribution in [2.75, 3.05) is 13.1 Å². The normalized spacial score (nSPS) is 16.7. The van der Waals surface area contributed by atoms with Gasteiger partial charge in [-0.05, 0) is 24.3 Å². The maximum Gasteiger partial charge on any atom is 0.273 e. The van der Waals surface area contributed by atoms with Gasteiger partial charge in [-0.2, -0.15) is 5.26 Å². The Morgan fingerprint density at radius 3 is 2.89 bits per heavy atom. The molecule has 0 radical (unpaired) electrons. The second-order valence-electron chi connectivity index (χ2n) is 6.34. The average Bonchev–Trinajstić information content (AvgIpc) is 2.73. The number of amides is 1. The number of aromatic nitrogens is 3. The minimum atomic E-state index is -0.235. The highest BCUT2D eigenvalue weighted by atomic mass is 16.5. The Morgan fingerprint density at radius 1 is 1.15 bits per heavy atom. The number of benzene rings is 1. The number of nitrogens with zero attached hydrogens (tertiary/aromatic N) is 5. The van der Waals surface area contributed by atoms with Crippen LogP contribution in [-0.2, 0) is 0 Å². The Kier molecular flexibility index (Phi) is 4.62. The van der Waals surface area contributed by atoms with E-state index in [-0.39, 0.29) is 23.6 Å². The van der Waals surface area contributed by atoms with E-state index in [1.165, 1.54) is 12.4 Å². The molecule has 1 aromatic carbocycles. The number of carbonyl (C=O) groups excluding carboxylic acids is 1. The predicted octanol–water partition coefficient (Wildman–Crippen LogP) is 2.58. The van der Waals surface area contributed by atoms with Gasteiger partial charge in [0.2, 0.25) is 5.69 Å². The van der Waals surface area contributed by atoms with Gasteiger partial charge in [-0.15, -0.1) is 0 Å². The SMILES string of the molecule is N#Cc1nccnc1O[C@@H]1CCCN(C(=O)c2nccc3ccccc23)C1. The van der Waals surface area contributed by atoms with Crippen LogP contribution in [-0.4, -0.2) is 45.0 Å². The van der Waals surface area contributed by atoms with Crippen molar-refractivity contribution >= 4 is 16.7 Å². The maximum atomic E-state index is 13.1. The molecule has 0 N–H and O–H groups in total. The van der Waals surface area contributed by atoms with Crippen molar-refractivity contribution in [3.63, 3.8) is 0 Å². The first kappa shape index (κ1) is 16.9. The largest absolute Gasteiger partial charge is 0.470 e. The van der Waals surface area contributed by atoms with Crippen molar-refractivity contribution in [1.29, 1.82) is 5.26 Å². The molecule has 3 aromatic rings. The smallest absolute Gasteiger partial charge is 0.273 e. The van der Waals surface area contributed by atoms with Gasteiger partial charge in [0.25, 0.3) is 11.8 Å². The molecule has 1 fully saturated rings. The molecule has 1 aliphatic heterocycles. The van der Waals surface area contributed by atoms with Crippen LogP contribution >= 0.6 is 0 Å². The number of carbonyl (C=O) groups is 1. The standard InChI is InChI=1S/C20H17N5O2/c21-12-17-19(24-10-9-22-17)27-15-5-3-11-25(13-15)20(26)18-16-6-2-1-4-14(16)7-8-23-18/h1-2,4,6-10,15H,3,5,11,13H2/t15-/m1/s1. The van der Waals surface area contributed by atoms with Crippen LogP contribution in [0.25, 0.3) is 10.8 Å². The third-order valence-corrected chi connectivity index (χ3v) is 4.59. The lowest BCUT2D eigenvalue weighted by molar-refractivity contribution is 0.0523. The van der Waals surface area contributed by atoms with Gasteiger partial charge >= 0.3 is 0 Å². The zero-order valence-electron chi connectivity index (χ0n) is 14.6. The minimum Gasteiger partial charge on any atom is -0.470 e. The molecule has 2 aromatic heterocycles. The fraction of sp³-hybridized carbons (Fsp3) is 0.250. The van der Waals surface area contributed by atoms with Crippen molar-refractivity contribution < 1.29 is 9.53 Å². The number of rotatable bonds is 3. The molecule has 1 atom stereocenters. The molecule has 0 bridgehead atoms. The van der Waals surface area contributed by atoms with E-state index in [1.54, 1.807) is 11.1 Å². The van der Waals surface area contributed by atoms with Crippen LogP contribution in [0.5, 0.6) is 5.88 Å². The topological polar surface area (TPSA) is 92.0 Å². The summed E-state index contributed by atoms with van der Waals surface area (Å²) in [5, 5.41) is 11.0. The summed E-state index contributed by atoms with van der Waals surface area (Å²) in [5.74, 6) is 0.0994. The summed E-state index contributed by atoms with van der Waals surface area (Å²) >= 11 is 0. The summed E-state index contributed by atoms with van der Waals surface area (Å²) in [4.78, 5) is 27.2. The Balaban J connectivity index is 1.54. The minimum absolute atomic E-state index is 0.111. The van der Waals surface area contributed by atoms with E-state index in [2.05, 4.69) is 15.0 Å². The number of pyridine rings is 1. The maximum absolute atomic E-state index is 13.1. The number of fused-ring (bicyclic) bond motifs is 1. The lowest BCUT2D eigenvalue weighted by Crippen LogP contribution is -2.44. The quantitative estimate of drug-likeness (QED) is 0.714. The van der Waals surface area contributed by atoms with Crippen LogP contribution in [0.15, 0.2) is 48.9 Å². The second-order valence-corrected chi connectivity index (χ2v) is 6.34. The third kappa shape index (κ3) is 3.42. The highest BCUT2D eigenvalue weighted by Gasteiger charge is 2.28. The van der Waals surface area contributed by atoms with Crippen molar-refractivity contribution in [2.45, 2.75) is 18.9 Å². The Labute approximate surface area is 156 Å². The predicted molar refractivity (Wildman–Crippen MR) is 98.0 cm³/mol. The number of hydrogen-bond acceptors (Lipinski definition) is 6. The molecule has 1 saturated heterocycles. The highest BCUT2D eigenvalue weighted by molar-refractivity contribution is 6.05. The Morgan fingerprint density at radius 2 is 2.00 bits per heavy atom. The second kappa shape index (κ2) is 7.38. The fourth-order valence-electron chi connectivity index (χ4n) is 3.30. The molecule has 1 aliphatic rings. The van der Waals surface area contributed by atoms with Gasteiger partial charge in [0, 0.05) is 30.5 Å². The van der Waals surface area contributed by atoms with Crippen molar-refractivity contribution in [3.8, 4) is 11.9 Å². The van der Waals surface area contributed by atoms with Gasteiger partial charge in [0.1, 0.15) is 17.9 Å². The summed E-state index contributed by atoms with van der Waals surface area (Å²) < 4.78 is 5.87. The molecule has 0 spiro atoms. The number of nitriles is 1. The molecule has 1 amide bonds. The number of piperidine rings is 1. The van der Waals surface area contributed by atoms with E-state index in [1.807, 2.05) is 36.4 Å². The number of ether oxygens (including phenoxy) is 1. The van der Waals surface area contributed by atoms with Gasteiger partial charge in [-0.1, -0.05) is 24.3 Å². The molecular formula is C20H17N5O2. The molecule has 0 saturated carbocycles. The molecule has 4 rings (SSSR count). The van der Waals surface area contributed by atoms with Crippen LogP contribution in [0.4, 0.5) is 0 Å². The van der Waals surface area contributed by atoms with Crippen LogP contribution in [0.1, 0.15) is 29.0 Å². The molecule has 27 heavy (non-hydrogen) atoms. The molecular weight excluding hydrogens is 342 g/mol. The summed E-state index contributed by atoms with van der Waals surface area (Å²) in [6.45, 7) is 1.07. The first-order valence-corrected chi connectivity index (χ1v) is 8.77. The summed E-state index contributed by atoms with van der Waals surface area (Å²) in [7, 11) is 0. The van der Waals surface area contributed by atoms with Gasteiger partial charge in [0.05, 0.1) is 6.54 Å². The molecule has 0 aliphatic carbocycles. The van der Waals surface area contributed by atoms with Crippen LogP contribution < -0.4 is 4.74 Å². The summed E-state index contributed by atoms with van der Waals surface area (Å²) in [5.41, 5.74) is 0.600. The first-order chi connectivity index (χ1) is 13.3. The van der Waals surface area contributed by atoms with Crippen molar-refractivity contribution in [3.05, 3.63) is 60.3 Å². The molecule has 3 heterocycles. The first-order valence-electron chi connectivity index (χ1n) is 8.77. The van der Waals surface area contributed by atoms with E-state index >= 15 is 0 Å². The van der Waals surface area contributed by atoms with E-state index in [0.29, 0.717) is 18.8 Å². The van der Waals surface area contributed by atoms with E-state index in [4.69, 9.17) is 10.00 Å². The lowest BCUT2D eigenvalue weighted by Gasteiger charge is -2.32. The molecule has 134 valence electrons. The Hall–Kier alpha value is -3.53. The zero-order chi connectivity index (χ0) is 18.6. The van der Waals surface area contributed by atoms with Crippen LogP contribution in [0.2, 0.25) is 0 Å². The van der Waals surface area contributed by atoms with Crippen molar-refractivity contribution in [2.24, 2.45) is 0 Å². The van der Waals surface area contributed by atoms with E-state index in [9.17, 15) is 4.79 Å².